The van der Waals surface area contributed by atoms with Crippen molar-refractivity contribution >= 4 is 11.9 Å². The molecule has 0 bridgehead atoms. The highest BCUT2D eigenvalue weighted by molar-refractivity contribution is 5.92. The van der Waals surface area contributed by atoms with Crippen molar-refractivity contribution in [3.63, 3.8) is 0 Å². The molecule has 0 spiro atoms. The number of carbonyl (C=O) groups excluding carboxylic acids is 1. The van der Waals surface area contributed by atoms with Crippen LogP contribution in [0.4, 0.5) is 0 Å². The number of hydrogen-bond donors (Lipinski definition) is 2. The molecular weight excluding hydrogens is 212 g/mol. The van der Waals surface area contributed by atoms with E-state index in [1.165, 1.54) is 6.20 Å². The van der Waals surface area contributed by atoms with Gasteiger partial charge in [-0.2, -0.15) is 0 Å². The Balaban J connectivity index is 2.73. The topological polar surface area (TPSA) is 92.4 Å². The van der Waals surface area contributed by atoms with Crippen LogP contribution >= 0.6 is 0 Å². The number of oxazole rings is 1. The van der Waals surface area contributed by atoms with Gasteiger partial charge in [-0.15, -0.1) is 0 Å². The van der Waals surface area contributed by atoms with E-state index in [1.54, 1.807) is 20.8 Å². The molecule has 1 aromatic rings. The fraction of sp³-hybridized carbons (Fsp3) is 0.500. The quantitative estimate of drug-likeness (QED) is 0.792. The average Bonchev–Trinajstić information content (AvgIpc) is 2.59. The van der Waals surface area contributed by atoms with Gasteiger partial charge >= 0.3 is 11.9 Å². The first-order valence-electron chi connectivity index (χ1n) is 4.88. The third kappa shape index (κ3) is 2.82. The van der Waals surface area contributed by atoms with E-state index >= 15 is 0 Å². The number of amides is 1. The van der Waals surface area contributed by atoms with Gasteiger partial charge in [0.05, 0.1) is 6.20 Å². The van der Waals surface area contributed by atoms with E-state index in [2.05, 4.69) is 10.3 Å². The third-order valence-electron chi connectivity index (χ3n) is 2.03. The van der Waals surface area contributed by atoms with Gasteiger partial charge in [-0.3, -0.25) is 4.79 Å². The molecule has 0 saturated carbocycles. The molecule has 0 aliphatic heterocycles. The van der Waals surface area contributed by atoms with E-state index < -0.39 is 17.9 Å². The number of carboxylic acid groups (broad SMARTS) is 1. The second-order valence-electron chi connectivity index (χ2n) is 3.81. The molecule has 0 aliphatic carbocycles. The second kappa shape index (κ2) is 4.78. The summed E-state index contributed by atoms with van der Waals surface area (Å²) in [5.41, 5.74) is 0. The first-order chi connectivity index (χ1) is 7.41. The van der Waals surface area contributed by atoms with E-state index in [1.807, 2.05) is 0 Å². The van der Waals surface area contributed by atoms with Crippen LogP contribution in [0.2, 0.25) is 0 Å². The molecule has 1 aromatic heterocycles. The minimum absolute atomic E-state index is 0.121. The summed E-state index contributed by atoms with van der Waals surface area (Å²) in [5.74, 6) is -1.52. The van der Waals surface area contributed by atoms with Gasteiger partial charge in [0.25, 0.3) is 5.89 Å². The Kier molecular flexibility index (Phi) is 3.65. The number of carboxylic acids is 1. The van der Waals surface area contributed by atoms with Crippen molar-refractivity contribution in [3.8, 4) is 0 Å². The van der Waals surface area contributed by atoms with Crippen molar-refractivity contribution < 1.29 is 19.1 Å². The predicted molar refractivity (Wildman–Crippen MR) is 55.0 cm³/mol. The van der Waals surface area contributed by atoms with Crippen molar-refractivity contribution in [2.24, 2.45) is 5.92 Å². The highest BCUT2D eigenvalue weighted by Crippen LogP contribution is 2.05. The zero-order valence-electron chi connectivity index (χ0n) is 9.35. The molecule has 1 heterocycles. The van der Waals surface area contributed by atoms with Gasteiger partial charge in [0.15, 0.2) is 0 Å². The first kappa shape index (κ1) is 12.2. The van der Waals surface area contributed by atoms with Crippen LogP contribution in [0.5, 0.6) is 0 Å². The molecule has 88 valence electrons. The van der Waals surface area contributed by atoms with Crippen LogP contribution in [0, 0.1) is 12.8 Å². The Hall–Kier alpha value is -1.85. The van der Waals surface area contributed by atoms with E-state index in [4.69, 9.17) is 9.52 Å². The largest absolute Gasteiger partial charge is 0.480 e. The maximum atomic E-state index is 11.5. The fourth-order valence-corrected chi connectivity index (χ4v) is 1.18. The third-order valence-corrected chi connectivity index (χ3v) is 2.03. The lowest BCUT2D eigenvalue weighted by atomic mass is 10.1. The van der Waals surface area contributed by atoms with Crippen LogP contribution in [-0.4, -0.2) is 28.0 Å². The van der Waals surface area contributed by atoms with Crippen molar-refractivity contribution in [1.29, 1.82) is 0 Å². The molecule has 0 unspecified atom stereocenters. The van der Waals surface area contributed by atoms with Gasteiger partial charge in [-0.1, -0.05) is 13.8 Å². The Morgan fingerprint density at radius 3 is 2.50 bits per heavy atom. The molecule has 1 atom stereocenters. The number of aryl methyl sites for hydroxylation is 1. The summed E-state index contributed by atoms with van der Waals surface area (Å²) in [5, 5.41) is 11.2. The molecular formula is C10H14N2O4. The number of nitrogens with one attached hydrogen (secondary N) is 1. The second-order valence-corrected chi connectivity index (χ2v) is 3.81. The van der Waals surface area contributed by atoms with Crippen molar-refractivity contribution in [1.82, 2.24) is 10.3 Å². The standard InChI is InChI=1S/C10H14N2O4/c1-5(2)7(10(14)15)12-8(13)9-11-4-6(3)16-9/h4-5,7H,1-3H3,(H,12,13)(H,14,15)/t7-/m0/s1. The Bertz CT molecular complexity index is 397. The van der Waals surface area contributed by atoms with Gasteiger partial charge in [-0.05, 0) is 12.8 Å². The maximum Gasteiger partial charge on any atom is 0.326 e. The maximum absolute atomic E-state index is 11.5. The molecule has 0 fully saturated rings. The monoisotopic (exact) mass is 226 g/mol. The lowest BCUT2D eigenvalue weighted by Crippen LogP contribution is -2.44. The first-order valence-corrected chi connectivity index (χ1v) is 4.88. The number of hydrogen-bond acceptors (Lipinski definition) is 4. The summed E-state index contributed by atoms with van der Waals surface area (Å²) in [6.45, 7) is 5.07. The summed E-state index contributed by atoms with van der Waals surface area (Å²) in [6, 6.07) is -0.945. The fourth-order valence-electron chi connectivity index (χ4n) is 1.18. The lowest BCUT2D eigenvalue weighted by molar-refractivity contribution is -0.140. The summed E-state index contributed by atoms with van der Waals surface area (Å²) in [7, 11) is 0. The highest BCUT2D eigenvalue weighted by atomic mass is 16.4. The highest BCUT2D eigenvalue weighted by Gasteiger charge is 2.25. The number of carbonyl (C=O) groups is 2. The molecule has 1 rings (SSSR count). The summed E-state index contributed by atoms with van der Waals surface area (Å²) in [4.78, 5) is 26.1. The molecule has 1 amide bonds. The van der Waals surface area contributed by atoms with Crippen molar-refractivity contribution in [2.75, 3.05) is 0 Å². The zero-order valence-corrected chi connectivity index (χ0v) is 9.35. The zero-order chi connectivity index (χ0) is 12.3. The van der Waals surface area contributed by atoms with Gasteiger partial charge in [0.1, 0.15) is 11.8 Å². The number of rotatable bonds is 4. The van der Waals surface area contributed by atoms with Gasteiger partial charge in [0, 0.05) is 0 Å². The predicted octanol–water partition coefficient (Wildman–Crippen LogP) is 0.822. The number of aliphatic carboxylic acids is 1. The minimum atomic E-state index is -1.08. The van der Waals surface area contributed by atoms with Gasteiger partial charge in [0.2, 0.25) is 0 Å². The summed E-state index contributed by atoms with van der Waals surface area (Å²) < 4.78 is 4.99. The van der Waals surface area contributed by atoms with E-state index in [9.17, 15) is 9.59 Å². The SMILES string of the molecule is Cc1cnc(C(=O)N[C@H](C(=O)O)C(C)C)o1. The van der Waals surface area contributed by atoms with Crippen molar-refractivity contribution in [2.45, 2.75) is 26.8 Å². The average molecular weight is 226 g/mol. The Labute approximate surface area is 92.7 Å². The summed E-state index contributed by atoms with van der Waals surface area (Å²) >= 11 is 0. The van der Waals surface area contributed by atoms with Crippen LogP contribution in [-0.2, 0) is 4.79 Å². The van der Waals surface area contributed by atoms with Crippen LogP contribution in [0.15, 0.2) is 10.6 Å². The molecule has 6 nitrogen and oxygen atoms in total. The molecule has 16 heavy (non-hydrogen) atoms. The van der Waals surface area contributed by atoms with Gasteiger partial charge < -0.3 is 14.8 Å². The van der Waals surface area contributed by atoms with Crippen LogP contribution < -0.4 is 5.32 Å². The van der Waals surface area contributed by atoms with Crippen molar-refractivity contribution in [3.05, 3.63) is 17.8 Å². The Morgan fingerprint density at radius 2 is 2.12 bits per heavy atom. The van der Waals surface area contributed by atoms with Crippen LogP contribution in [0.25, 0.3) is 0 Å². The van der Waals surface area contributed by atoms with E-state index in [0.717, 1.165) is 0 Å². The molecule has 2 N–H and O–H groups in total. The van der Waals surface area contributed by atoms with E-state index in [0.29, 0.717) is 5.76 Å². The number of nitrogens with zero attached hydrogens (tertiary/aromatic N) is 1. The smallest absolute Gasteiger partial charge is 0.326 e. The molecule has 0 aromatic carbocycles. The molecule has 0 aliphatic rings. The molecule has 0 saturated heterocycles. The van der Waals surface area contributed by atoms with Gasteiger partial charge in [-0.25, -0.2) is 9.78 Å². The lowest BCUT2D eigenvalue weighted by Gasteiger charge is -2.16. The van der Waals surface area contributed by atoms with E-state index in [-0.39, 0.29) is 11.8 Å². The Morgan fingerprint density at radius 1 is 1.50 bits per heavy atom. The molecule has 0 radical (unpaired) electrons. The normalized spacial score (nSPS) is 12.5. The minimum Gasteiger partial charge on any atom is -0.480 e. The summed E-state index contributed by atoms with van der Waals surface area (Å²) in [6.07, 6.45) is 1.40. The molecule has 6 heteroatoms. The van der Waals surface area contributed by atoms with Crippen LogP contribution in [0.3, 0.4) is 0 Å². The number of aromatic nitrogens is 1. The van der Waals surface area contributed by atoms with Crippen LogP contribution in [0.1, 0.15) is 30.3 Å².